The summed E-state index contributed by atoms with van der Waals surface area (Å²) >= 11 is 0. The highest BCUT2D eigenvalue weighted by molar-refractivity contribution is 5.77. The van der Waals surface area contributed by atoms with Crippen molar-refractivity contribution >= 4 is 5.91 Å². The monoisotopic (exact) mass is 249 g/mol. The standard InChI is InChI=1S/C15H23NO2/c1-5-12(3)16-15(17)10-11(2)13-6-8-14(18-4)9-7-13/h6-9,11-12H,5,10H2,1-4H3,(H,16,17). The van der Waals surface area contributed by atoms with E-state index in [0.717, 1.165) is 17.7 Å². The van der Waals surface area contributed by atoms with Crippen LogP contribution in [0.25, 0.3) is 0 Å². The Labute approximate surface area is 110 Å². The number of carbonyl (C=O) groups is 1. The minimum atomic E-state index is 0.118. The van der Waals surface area contributed by atoms with E-state index in [4.69, 9.17) is 4.74 Å². The summed E-state index contributed by atoms with van der Waals surface area (Å²) in [4.78, 5) is 11.8. The summed E-state index contributed by atoms with van der Waals surface area (Å²) in [6, 6.07) is 8.14. The molecule has 18 heavy (non-hydrogen) atoms. The van der Waals surface area contributed by atoms with Crippen LogP contribution in [0.5, 0.6) is 5.75 Å². The highest BCUT2D eigenvalue weighted by atomic mass is 16.5. The molecule has 1 amide bonds. The number of benzene rings is 1. The van der Waals surface area contributed by atoms with Gasteiger partial charge in [-0.3, -0.25) is 4.79 Å². The van der Waals surface area contributed by atoms with Gasteiger partial charge in [0.25, 0.3) is 0 Å². The van der Waals surface area contributed by atoms with Crippen molar-refractivity contribution in [2.45, 2.75) is 45.6 Å². The van der Waals surface area contributed by atoms with E-state index in [-0.39, 0.29) is 17.9 Å². The minimum Gasteiger partial charge on any atom is -0.497 e. The second-order valence-electron chi connectivity index (χ2n) is 4.76. The Morgan fingerprint density at radius 3 is 2.39 bits per heavy atom. The molecule has 0 aliphatic rings. The van der Waals surface area contributed by atoms with Crippen LogP contribution in [0, 0.1) is 0 Å². The van der Waals surface area contributed by atoms with Gasteiger partial charge in [-0.05, 0) is 37.0 Å². The molecule has 0 aliphatic carbocycles. The van der Waals surface area contributed by atoms with Gasteiger partial charge in [0.05, 0.1) is 7.11 Å². The molecule has 3 heteroatoms. The Hall–Kier alpha value is -1.51. The first-order valence-corrected chi connectivity index (χ1v) is 6.50. The summed E-state index contributed by atoms with van der Waals surface area (Å²) in [5.41, 5.74) is 1.16. The third-order valence-electron chi connectivity index (χ3n) is 3.20. The second-order valence-corrected chi connectivity index (χ2v) is 4.76. The first-order chi connectivity index (χ1) is 8.56. The van der Waals surface area contributed by atoms with E-state index in [1.54, 1.807) is 7.11 Å². The Bertz CT molecular complexity index is 373. The average Bonchev–Trinajstić information content (AvgIpc) is 2.38. The van der Waals surface area contributed by atoms with Crippen LogP contribution in [-0.2, 0) is 4.79 Å². The van der Waals surface area contributed by atoms with Gasteiger partial charge in [0.15, 0.2) is 0 Å². The lowest BCUT2D eigenvalue weighted by Gasteiger charge is -2.15. The molecule has 0 radical (unpaired) electrons. The molecule has 0 fully saturated rings. The van der Waals surface area contributed by atoms with Gasteiger partial charge < -0.3 is 10.1 Å². The van der Waals surface area contributed by atoms with E-state index in [1.807, 2.05) is 31.2 Å². The van der Waals surface area contributed by atoms with E-state index in [1.165, 1.54) is 0 Å². The van der Waals surface area contributed by atoms with Crippen molar-refractivity contribution < 1.29 is 9.53 Å². The summed E-state index contributed by atoms with van der Waals surface area (Å²) in [5, 5.41) is 2.99. The van der Waals surface area contributed by atoms with Crippen molar-refractivity contribution in [3.63, 3.8) is 0 Å². The van der Waals surface area contributed by atoms with Crippen LogP contribution >= 0.6 is 0 Å². The van der Waals surface area contributed by atoms with Crippen molar-refractivity contribution in [1.82, 2.24) is 5.32 Å². The van der Waals surface area contributed by atoms with Gasteiger partial charge in [-0.1, -0.05) is 26.0 Å². The molecule has 0 aliphatic heterocycles. The smallest absolute Gasteiger partial charge is 0.220 e. The highest BCUT2D eigenvalue weighted by Crippen LogP contribution is 2.21. The molecule has 2 atom stereocenters. The summed E-state index contributed by atoms with van der Waals surface area (Å²) < 4.78 is 5.12. The predicted octanol–water partition coefficient (Wildman–Crippen LogP) is 3.10. The quantitative estimate of drug-likeness (QED) is 0.841. The zero-order valence-corrected chi connectivity index (χ0v) is 11.7. The molecule has 3 nitrogen and oxygen atoms in total. The fourth-order valence-corrected chi connectivity index (χ4v) is 1.76. The van der Waals surface area contributed by atoms with E-state index in [2.05, 4.69) is 19.2 Å². The van der Waals surface area contributed by atoms with Gasteiger partial charge in [0, 0.05) is 12.5 Å². The third-order valence-corrected chi connectivity index (χ3v) is 3.20. The summed E-state index contributed by atoms with van der Waals surface area (Å²) in [7, 11) is 1.65. The molecule has 0 saturated carbocycles. The number of ether oxygens (including phenoxy) is 1. The lowest BCUT2D eigenvalue weighted by atomic mass is 9.97. The van der Waals surface area contributed by atoms with Crippen molar-refractivity contribution in [3.8, 4) is 5.75 Å². The lowest BCUT2D eigenvalue weighted by molar-refractivity contribution is -0.122. The fourth-order valence-electron chi connectivity index (χ4n) is 1.76. The molecule has 0 heterocycles. The molecule has 100 valence electrons. The van der Waals surface area contributed by atoms with E-state index in [0.29, 0.717) is 6.42 Å². The van der Waals surface area contributed by atoms with Crippen LogP contribution in [0.3, 0.4) is 0 Å². The largest absolute Gasteiger partial charge is 0.497 e. The molecule has 0 bridgehead atoms. The molecule has 1 aromatic carbocycles. The zero-order chi connectivity index (χ0) is 13.5. The van der Waals surface area contributed by atoms with Gasteiger partial charge in [0.1, 0.15) is 5.75 Å². The van der Waals surface area contributed by atoms with Gasteiger partial charge >= 0.3 is 0 Å². The number of carbonyl (C=O) groups excluding carboxylic acids is 1. The van der Waals surface area contributed by atoms with E-state index < -0.39 is 0 Å². The maximum absolute atomic E-state index is 11.8. The highest BCUT2D eigenvalue weighted by Gasteiger charge is 2.12. The first kappa shape index (κ1) is 14.6. The normalized spacial score (nSPS) is 13.8. The van der Waals surface area contributed by atoms with Crippen molar-refractivity contribution in [2.24, 2.45) is 0 Å². The summed E-state index contributed by atoms with van der Waals surface area (Å²) in [5.74, 6) is 1.18. The van der Waals surface area contributed by atoms with Gasteiger partial charge in [-0.2, -0.15) is 0 Å². The van der Waals surface area contributed by atoms with Crippen molar-refractivity contribution in [2.75, 3.05) is 7.11 Å². The molecule has 0 saturated heterocycles. The molecule has 0 spiro atoms. The molecule has 1 rings (SSSR count). The molecular weight excluding hydrogens is 226 g/mol. The number of rotatable bonds is 6. The third kappa shape index (κ3) is 4.40. The Morgan fingerprint density at radius 1 is 1.28 bits per heavy atom. The van der Waals surface area contributed by atoms with Crippen LogP contribution in [0.2, 0.25) is 0 Å². The van der Waals surface area contributed by atoms with Gasteiger partial charge in [-0.15, -0.1) is 0 Å². The number of hydrogen-bond acceptors (Lipinski definition) is 2. The Kier molecular flexibility index (Phi) is 5.69. The molecule has 2 unspecified atom stereocenters. The summed E-state index contributed by atoms with van der Waals surface area (Å²) in [6.45, 7) is 6.16. The Morgan fingerprint density at radius 2 is 1.89 bits per heavy atom. The van der Waals surface area contributed by atoms with E-state index >= 15 is 0 Å². The van der Waals surface area contributed by atoms with Crippen LogP contribution in [0.1, 0.15) is 45.1 Å². The lowest BCUT2D eigenvalue weighted by Crippen LogP contribution is -2.32. The van der Waals surface area contributed by atoms with Crippen molar-refractivity contribution in [1.29, 1.82) is 0 Å². The fraction of sp³-hybridized carbons (Fsp3) is 0.533. The number of methoxy groups -OCH3 is 1. The van der Waals surface area contributed by atoms with E-state index in [9.17, 15) is 4.79 Å². The second kappa shape index (κ2) is 7.04. The minimum absolute atomic E-state index is 0.118. The maximum atomic E-state index is 11.8. The van der Waals surface area contributed by atoms with Crippen LogP contribution in [0.4, 0.5) is 0 Å². The number of hydrogen-bond donors (Lipinski definition) is 1. The first-order valence-electron chi connectivity index (χ1n) is 6.50. The average molecular weight is 249 g/mol. The van der Waals surface area contributed by atoms with Crippen molar-refractivity contribution in [3.05, 3.63) is 29.8 Å². The zero-order valence-electron chi connectivity index (χ0n) is 11.7. The maximum Gasteiger partial charge on any atom is 0.220 e. The molecule has 1 N–H and O–H groups in total. The van der Waals surface area contributed by atoms with Crippen LogP contribution in [-0.4, -0.2) is 19.1 Å². The van der Waals surface area contributed by atoms with Crippen LogP contribution < -0.4 is 10.1 Å². The SMILES string of the molecule is CCC(C)NC(=O)CC(C)c1ccc(OC)cc1. The summed E-state index contributed by atoms with van der Waals surface area (Å²) in [6.07, 6.45) is 1.49. The predicted molar refractivity (Wildman–Crippen MR) is 73.9 cm³/mol. The van der Waals surface area contributed by atoms with Gasteiger partial charge in [0.2, 0.25) is 5.91 Å². The molecule has 0 aromatic heterocycles. The van der Waals surface area contributed by atoms with Crippen LogP contribution in [0.15, 0.2) is 24.3 Å². The molecular formula is C15H23NO2. The number of nitrogens with one attached hydrogen (secondary N) is 1. The Balaban J connectivity index is 2.53. The number of amides is 1. The molecule has 1 aromatic rings. The van der Waals surface area contributed by atoms with Gasteiger partial charge in [-0.25, -0.2) is 0 Å². The topological polar surface area (TPSA) is 38.3 Å².